The van der Waals surface area contributed by atoms with Gasteiger partial charge in [0.25, 0.3) is 5.91 Å². The van der Waals surface area contributed by atoms with Crippen molar-refractivity contribution in [2.75, 3.05) is 33.7 Å². The molecule has 1 unspecified atom stereocenters. The summed E-state index contributed by atoms with van der Waals surface area (Å²) in [5, 5.41) is 18.1. The molecule has 4 rings (SSSR count). The fraction of sp³-hybridized carbons (Fsp3) is 0.708. The Hall–Kier alpha value is -2.94. The molecule has 0 saturated carbocycles. The van der Waals surface area contributed by atoms with Crippen LogP contribution in [0.4, 0.5) is 13.6 Å². The van der Waals surface area contributed by atoms with Gasteiger partial charge in [0, 0.05) is 61.9 Å². The first-order valence-electron chi connectivity index (χ1n) is 12.9. The van der Waals surface area contributed by atoms with Crippen molar-refractivity contribution in [1.82, 2.24) is 30.7 Å². The SMILES string of the molecule is CC(NC(=O)C(F)F)[C@H]1C(=O)N2C(C(=O)O)=C(S[C@@H]3CN[C@H](C(=O)N4CC[C@H](NC(=O)N(C)C)C4)C3)[C@H](C)[C@H]12. The van der Waals surface area contributed by atoms with Gasteiger partial charge in [0.15, 0.2) is 0 Å². The Morgan fingerprint density at radius 2 is 1.92 bits per heavy atom. The van der Waals surface area contributed by atoms with Gasteiger partial charge in [0.2, 0.25) is 11.8 Å². The molecule has 5 amide bonds. The molecule has 12 nitrogen and oxygen atoms in total. The molecular weight excluding hydrogens is 538 g/mol. The van der Waals surface area contributed by atoms with Gasteiger partial charge in [-0.1, -0.05) is 6.92 Å². The first-order chi connectivity index (χ1) is 18.3. The zero-order valence-corrected chi connectivity index (χ0v) is 23.0. The number of thioether (sulfide) groups is 1. The maximum Gasteiger partial charge on any atom is 0.353 e. The summed E-state index contributed by atoms with van der Waals surface area (Å²) in [5.41, 5.74) is -0.125. The zero-order chi connectivity index (χ0) is 28.8. The molecule has 7 atom stereocenters. The van der Waals surface area contributed by atoms with E-state index in [-0.39, 0.29) is 34.8 Å². The van der Waals surface area contributed by atoms with Gasteiger partial charge in [-0.3, -0.25) is 14.4 Å². The van der Waals surface area contributed by atoms with Crippen molar-refractivity contribution in [3.8, 4) is 0 Å². The van der Waals surface area contributed by atoms with Crippen LogP contribution in [0.2, 0.25) is 0 Å². The van der Waals surface area contributed by atoms with E-state index < -0.39 is 48.3 Å². The second kappa shape index (κ2) is 11.3. The van der Waals surface area contributed by atoms with Crippen molar-refractivity contribution in [1.29, 1.82) is 0 Å². The summed E-state index contributed by atoms with van der Waals surface area (Å²) in [5.74, 6) is -4.54. The number of alkyl halides is 2. The molecule has 0 bridgehead atoms. The first-order valence-corrected chi connectivity index (χ1v) is 13.7. The van der Waals surface area contributed by atoms with Gasteiger partial charge < -0.3 is 35.8 Å². The largest absolute Gasteiger partial charge is 0.477 e. The van der Waals surface area contributed by atoms with E-state index in [1.54, 1.807) is 25.9 Å². The third-order valence-electron chi connectivity index (χ3n) is 7.81. The Labute approximate surface area is 228 Å². The molecule has 4 heterocycles. The minimum Gasteiger partial charge on any atom is -0.477 e. The van der Waals surface area contributed by atoms with Crippen LogP contribution in [0, 0.1) is 11.8 Å². The molecule has 3 saturated heterocycles. The summed E-state index contributed by atoms with van der Waals surface area (Å²) >= 11 is 1.32. The Morgan fingerprint density at radius 3 is 2.54 bits per heavy atom. The van der Waals surface area contributed by atoms with Crippen molar-refractivity contribution in [3.05, 3.63) is 10.6 Å². The summed E-state index contributed by atoms with van der Waals surface area (Å²) in [6.45, 7) is 4.65. The predicted octanol–water partition coefficient (Wildman–Crippen LogP) is -0.135. The number of amides is 5. The Balaban J connectivity index is 1.38. The van der Waals surface area contributed by atoms with Crippen LogP contribution in [0.15, 0.2) is 10.6 Å². The zero-order valence-electron chi connectivity index (χ0n) is 22.1. The molecule has 0 spiro atoms. The lowest BCUT2D eigenvalue weighted by molar-refractivity contribution is -0.159. The van der Waals surface area contributed by atoms with Crippen LogP contribution >= 0.6 is 11.8 Å². The smallest absolute Gasteiger partial charge is 0.353 e. The maximum absolute atomic E-state index is 13.1. The quantitative estimate of drug-likeness (QED) is 0.294. The number of halogens is 2. The van der Waals surface area contributed by atoms with Gasteiger partial charge in [0.1, 0.15) is 5.70 Å². The molecule has 15 heteroatoms. The van der Waals surface area contributed by atoms with E-state index in [0.717, 1.165) is 0 Å². The number of fused-ring (bicyclic) bond motifs is 1. The van der Waals surface area contributed by atoms with Crippen LogP contribution in [0.5, 0.6) is 0 Å². The number of hydrogen-bond donors (Lipinski definition) is 4. The molecule has 216 valence electrons. The van der Waals surface area contributed by atoms with Gasteiger partial charge in [0.05, 0.1) is 18.0 Å². The summed E-state index contributed by atoms with van der Waals surface area (Å²) in [6.07, 6.45) is -2.10. The number of nitrogens with zero attached hydrogens (tertiary/aromatic N) is 3. The predicted molar refractivity (Wildman–Crippen MR) is 137 cm³/mol. The van der Waals surface area contributed by atoms with Crippen LogP contribution in [0.1, 0.15) is 26.7 Å². The molecule has 0 aliphatic carbocycles. The molecule has 0 aromatic heterocycles. The molecular formula is C24H34F2N6O6S. The van der Waals surface area contributed by atoms with Crippen molar-refractivity contribution >= 4 is 41.5 Å². The lowest BCUT2D eigenvalue weighted by Gasteiger charge is -2.47. The summed E-state index contributed by atoms with van der Waals surface area (Å²) in [6, 6.07) is -2.24. The summed E-state index contributed by atoms with van der Waals surface area (Å²) in [7, 11) is 3.29. The number of carbonyl (C=O) groups excluding carboxylic acids is 4. The van der Waals surface area contributed by atoms with Crippen LogP contribution in [0.3, 0.4) is 0 Å². The first kappa shape index (κ1) is 29.1. The fourth-order valence-corrected chi connectivity index (χ4v) is 7.32. The van der Waals surface area contributed by atoms with Gasteiger partial charge in [-0.05, 0) is 19.8 Å². The third kappa shape index (κ3) is 5.55. The van der Waals surface area contributed by atoms with Gasteiger partial charge in [-0.2, -0.15) is 8.78 Å². The highest BCUT2D eigenvalue weighted by molar-refractivity contribution is 8.03. The number of hydrogen-bond acceptors (Lipinski definition) is 7. The van der Waals surface area contributed by atoms with Crippen LogP contribution in [-0.2, 0) is 19.2 Å². The molecule has 4 N–H and O–H groups in total. The standard InChI is InChI=1S/C24H34F2N6O6S/c1-10-16-15(11(2)28-20(33)19(25)26)22(35)32(16)17(23(36)37)18(10)39-13-7-14(27-8-13)21(34)31-6-5-12(9-31)29-24(38)30(3)4/h10-16,19,27H,5-9H2,1-4H3,(H,28,33)(H,29,38)(H,36,37)/t10-,11?,12+,13+,14+,15-,16-/m1/s1. The molecule has 39 heavy (non-hydrogen) atoms. The van der Waals surface area contributed by atoms with E-state index in [9.17, 15) is 37.9 Å². The summed E-state index contributed by atoms with van der Waals surface area (Å²) < 4.78 is 25.4. The number of nitrogens with one attached hydrogen (secondary N) is 3. The van der Waals surface area contributed by atoms with Crippen LogP contribution < -0.4 is 16.0 Å². The van der Waals surface area contributed by atoms with E-state index in [1.165, 1.54) is 28.5 Å². The second-order valence-electron chi connectivity index (χ2n) is 10.7. The number of carboxylic acids is 1. The van der Waals surface area contributed by atoms with Crippen LogP contribution in [0.25, 0.3) is 0 Å². The highest BCUT2D eigenvalue weighted by Gasteiger charge is 2.60. The lowest BCUT2D eigenvalue weighted by Crippen LogP contribution is -2.66. The second-order valence-corrected chi connectivity index (χ2v) is 12.0. The van der Waals surface area contributed by atoms with E-state index in [4.69, 9.17) is 0 Å². The number of aliphatic carboxylic acids is 1. The Kier molecular flexibility index (Phi) is 8.40. The minimum atomic E-state index is -3.22. The van der Waals surface area contributed by atoms with Crippen LogP contribution in [-0.4, -0.2) is 119 Å². The van der Waals surface area contributed by atoms with Gasteiger partial charge in [-0.25, -0.2) is 9.59 Å². The number of rotatable bonds is 8. The molecule has 4 aliphatic rings. The Bertz CT molecular complexity index is 1090. The summed E-state index contributed by atoms with van der Waals surface area (Å²) in [4.78, 5) is 66.4. The lowest BCUT2D eigenvalue weighted by atomic mass is 9.78. The average Bonchev–Trinajstić information content (AvgIpc) is 3.57. The average molecular weight is 573 g/mol. The van der Waals surface area contributed by atoms with Gasteiger partial charge in [-0.15, -0.1) is 11.8 Å². The number of β-lactam (4-membered cyclic amide) rings is 1. The highest BCUT2D eigenvalue weighted by Crippen LogP contribution is 2.51. The van der Waals surface area contributed by atoms with Crippen molar-refractivity contribution in [3.63, 3.8) is 0 Å². The van der Waals surface area contributed by atoms with Crippen molar-refractivity contribution < 1.29 is 37.9 Å². The van der Waals surface area contributed by atoms with Gasteiger partial charge >= 0.3 is 18.4 Å². The van der Waals surface area contributed by atoms with E-state index >= 15 is 0 Å². The Morgan fingerprint density at radius 1 is 1.23 bits per heavy atom. The number of likely N-dealkylation sites (tertiary alicyclic amines) is 1. The van der Waals surface area contributed by atoms with E-state index in [0.29, 0.717) is 37.4 Å². The fourth-order valence-electron chi connectivity index (χ4n) is 5.84. The normalized spacial score (nSPS) is 30.8. The monoisotopic (exact) mass is 572 g/mol. The number of carboxylic acid groups (broad SMARTS) is 1. The van der Waals surface area contributed by atoms with Crippen molar-refractivity contribution in [2.45, 2.75) is 62.5 Å². The highest BCUT2D eigenvalue weighted by atomic mass is 32.2. The molecule has 0 aromatic carbocycles. The molecule has 4 aliphatic heterocycles. The van der Waals surface area contributed by atoms with E-state index in [1.807, 2.05) is 0 Å². The van der Waals surface area contributed by atoms with E-state index in [2.05, 4.69) is 16.0 Å². The number of carbonyl (C=O) groups is 5. The third-order valence-corrected chi connectivity index (χ3v) is 9.33. The van der Waals surface area contributed by atoms with Crippen molar-refractivity contribution in [2.24, 2.45) is 11.8 Å². The molecule has 3 fully saturated rings. The molecule has 0 aromatic rings. The minimum absolute atomic E-state index is 0.0748. The topological polar surface area (TPSA) is 151 Å². The number of urea groups is 1. The molecule has 0 radical (unpaired) electrons. The maximum atomic E-state index is 13.1.